The molecule has 0 aromatic carbocycles. The highest BCUT2D eigenvalue weighted by atomic mass is 16.2. The third kappa shape index (κ3) is 1.56. The lowest BCUT2D eigenvalue weighted by atomic mass is 9.74. The summed E-state index contributed by atoms with van der Waals surface area (Å²) in [6.07, 6.45) is 4.21. The first-order valence-electron chi connectivity index (χ1n) is 7.33. The Morgan fingerprint density at radius 3 is 2.06 bits per heavy atom. The maximum Gasteiger partial charge on any atom is 0.227 e. The van der Waals surface area contributed by atoms with Crippen molar-refractivity contribution in [1.82, 2.24) is 5.32 Å². The Balaban J connectivity index is 1.64. The van der Waals surface area contributed by atoms with Gasteiger partial charge in [0.25, 0.3) is 0 Å². The predicted octanol–water partition coefficient (Wildman–Crippen LogP) is 1.91. The van der Waals surface area contributed by atoms with Crippen molar-refractivity contribution in [3.63, 3.8) is 0 Å². The zero-order valence-electron chi connectivity index (χ0n) is 12.0. The quantitative estimate of drug-likeness (QED) is 0.804. The molecule has 3 fully saturated rings. The van der Waals surface area contributed by atoms with E-state index in [-0.39, 0.29) is 5.91 Å². The van der Waals surface area contributed by atoms with E-state index in [0.29, 0.717) is 6.04 Å². The van der Waals surface area contributed by atoms with Gasteiger partial charge < -0.3 is 11.1 Å². The molecule has 0 heterocycles. The molecule has 3 nitrogen and oxygen atoms in total. The number of hydrogen-bond donors (Lipinski definition) is 2. The molecule has 0 spiro atoms. The minimum atomic E-state index is -0.511. The number of amides is 1. The second-order valence-corrected chi connectivity index (χ2v) is 7.83. The normalized spacial score (nSPS) is 41.7. The second kappa shape index (κ2) is 3.50. The minimum Gasteiger partial charge on any atom is -0.352 e. The van der Waals surface area contributed by atoms with E-state index in [1.165, 1.54) is 19.3 Å². The molecular weight excluding hydrogens is 224 g/mol. The largest absolute Gasteiger partial charge is 0.352 e. The molecule has 0 aromatic heterocycles. The Labute approximate surface area is 110 Å². The molecule has 3 aliphatic rings. The first kappa shape index (κ1) is 12.5. The highest BCUT2D eigenvalue weighted by Crippen LogP contribution is 2.65. The summed E-state index contributed by atoms with van der Waals surface area (Å²) in [5, 5.41) is 3.28. The van der Waals surface area contributed by atoms with Crippen LogP contribution in [0.5, 0.6) is 0 Å². The van der Waals surface area contributed by atoms with Crippen molar-refractivity contribution < 1.29 is 4.79 Å². The number of fused-ring (bicyclic) bond motifs is 5. The van der Waals surface area contributed by atoms with Gasteiger partial charge in [-0.25, -0.2) is 0 Å². The average molecular weight is 250 g/mol. The summed E-state index contributed by atoms with van der Waals surface area (Å²) in [5.74, 6) is 3.53. The molecule has 0 radical (unpaired) electrons. The Morgan fingerprint density at radius 2 is 1.61 bits per heavy atom. The molecule has 4 atom stereocenters. The van der Waals surface area contributed by atoms with Gasteiger partial charge in [-0.05, 0) is 70.6 Å². The van der Waals surface area contributed by atoms with Crippen LogP contribution in [0.15, 0.2) is 0 Å². The molecule has 0 aliphatic heterocycles. The van der Waals surface area contributed by atoms with Gasteiger partial charge in [-0.15, -0.1) is 0 Å². The topological polar surface area (TPSA) is 55.1 Å². The van der Waals surface area contributed by atoms with E-state index in [4.69, 9.17) is 5.73 Å². The maximum atomic E-state index is 12.4. The third-order valence-corrected chi connectivity index (χ3v) is 6.21. The molecule has 2 bridgehead atoms. The Hall–Kier alpha value is -0.570. The number of carbonyl (C=O) groups is 1. The monoisotopic (exact) mass is 250 g/mol. The molecule has 3 N–H and O–H groups in total. The molecule has 3 heteroatoms. The molecule has 0 aromatic rings. The summed E-state index contributed by atoms with van der Waals surface area (Å²) in [6, 6.07) is 0.463. The van der Waals surface area contributed by atoms with Crippen LogP contribution >= 0.6 is 0 Å². The zero-order chi connectivity index (χ0) is 13.3. The molecule has 3 rings (SSSR count). The lowest BCUT2D eigenvalue weighted by Crippen LogP contribution is -2.56. The van der Waals surface area contributed by atoms with Crippen LogP contribution in [-0.4, -0.2) is 17.5 Å². The summed E-state index contributed by atoms with van der Waals surface area (Å²) in [4.78, 5) is 12.4. The number of carbonyl (C=O) groups excluding carboxylic acids is 1. The Kier molecular flexibility index (Phi) is 2.42. The smallest absolute Gasteiger partial charge is 0.227 e. The molecule has 102 valence electrons. The Bertz CT molecular complexity index is 366. The second-order valence-electron chi connectivity index (χ2n) is 7.83. The van der Waals surface area contributed by atoms with Crippen LogP contribution in [0.25, 0.3) is 0 Å². The van der Waals surface area contributed by atoms with Crippen LogP contribution < -0.4 is 11.1 Å². The van der Waals surface area contributed by atoms with E-state index in [2.05, 4.69) is 5.32 Å². The minimum absolute atomic E-state index is 0.133. The van der Waals surface area contributed by atoms with E-state index in [1.807, 2.05) is 27.7 Å². The summed E-state index contributed by atoms with van der Waals surface area (Å²) in [6.45, 7) is 7.78. The number of nitrogens with one attached hydrogen (secondary N) is 1. The summed E-state index contributed by atoms with van der Waals surface area (Å²) in [5.41, 5.74) is 5.14. The molecule has 3 aliphatic carbocycles. The van der Waals surface area contributed by atoms with Crippen molar-refractivity contribution in [2.24, 2.45) is 34.8 Å². The summed E-state index contributed by atoms with van der Waals surface area (Å²) < 4.78 is 0. The molecule has 4 unspecified atom stereocenters. The van der Waals surface area contributed by atoms with Crippen molar-refractivity contribution in [1.29, 1.82) is 0 Å². The van der Waals surface area contributed by atoms with Gasteiger partial charge in [0.05, 0.1) is 5.41 Å². The highest BCUT2D eigenvalue weighted by Gasteiger charge is 2.65. The van der Waals surface area contributed by atoms with Gasteiger partial charge in [0.1, 0.15) is 0 Å². The third-order valence-electron chi connectivity index (χ3n) is 6.21. The Morgan fingerprint density at radius 1 is 1.11 bits per heavy atom. The van der Waals surface area contributed by atoms with Gasteiger partial charge in [-0.2, -0.15) is 0 Å². The van der Waals surface area contributed by atoms with Gasteiger partial charge in [-0.1, -0.05) is 0 Å². The molecular formula is C15H26N2O. The van der Waals surface area contributed by atoms with E-state index >= 15 is 0 Å². The van der Waals surface area contributed by atoms with Crippen LogP contribution in [0, 0.1) is 29.1 Å². The highest BCUT2D eigenvalue weighted by molar-refractivity contribution is 5.84. The molecule has 0 saturated heterocycles. The first-order chi connectivity index (χ1) is 8.23. The molecule has 1 amide bonds. The van der Waals surface area contributed by atoms with Crippen molar-refractivity contribution in [3.05, 3.63) is 0 Å². The van der Waals surface area contributed by atoms with Gasteiger partial charge in [0.15, 0.2) is 0 Å². The van der Waals surface area contributed by atoms with Gasteiger partial charge in [0.2, 0.25) is 5.91 Å². The van der Waals surface area contributed by atoms with E-state index in [9.17, 15) is 4.79 Å². The standard InChI is InChI=1S/C15H26N2O/c1-14(2,15(3,4)16)13(18)17-12-10-8-5-6-9(7-8)11(10)12/h8-12H,5-7,16H2,1-4H3,(H,17,18). The fourth-order valence-electron chi connectivity index (χ4n) is 4.14. The number of nitrogens with two attached hydrogens (primary N) is 1. The maximum absolute atomic E-state index is 12.4. The zero-order valence-corrected chi connectivity index (χ0v) is 12.0. The van der Waals surface area contributed by atoms with Crippen LogP contribution in [0.4, 0.5) is 0 Å². The first-order valence-corrected chi connectivity index (χ1v) is 7.33. The van der Waals surface area contributed by atoms with Gasteiger partial charge >= 0.3 is 0 Å². The summed E-state index contributed by atoms with van der Waals surface area (Å²) >= 11 is 0. The number of hydrogen-bond acceptors (Lipinski definition) is 2. The number of rotatable bonds is 3. The summed E-state index contributed by atoms with van der Waals surface area (Å²) in [7, 11) is 0. The SMILES string of the molecule is CC(C)(N)C(C)(C)C(=O)NC1C2C3CCC(C3)C12. The average Bonchev–Trinajstić information content (AvgIpc) is 2.68. The van der Waals surface area contributed by atoms with Crippen LogP contribution in [0.3, 0.4) is 0 Å². The van der Waals surface area contributed by atoms with Gasteiger partial charge in [0, 0.05) is 11.6 Å². The van der Waals surface area contributed by atoms with E-state index in [1.54, 1.807) is 0 Å². The fraction of sp³-hybridized carbons (Fsp3) is 0.933. The van der Waals surface area contributed by atoms with Crippen molar-refractivity contribution >= 4 is 5.91 Å². The van der Waals surface area contributed by atoms with E-state index in [0.717, 1.165) is 23.7 Å². The van der Waals surface area contributed by atoms with Crippen molar-refractivity contribution in [2.75, 3.05) is 0 Å². The molecule has 18 heavy (non-hydrogen) atoms. The lowest BCUT2D eigenvalue weighted by molar-refractivity contribution is -0.132. The van der Waals surface area contributed by atoms with Crippen molar-refractivity contribution in [3.8, 4) is 0 Å². The molecule has 3 saturated carbocycles. The lowest BCUT2D eigenvalue weighted by Gasteiger charge is -2.37. The fourth-order valence-corrected chi connectivity index (χ4v) is 4.14. The van der Waals surface area contributed by atoms with Gasteiger partial charge in [-0.3, -0.25) is 4.79 Å². The van der Waals surface area contributed by atoms with Crippen molar-refractivity contribution in [2.45, 2.75) is 58.5 Å². The van der Waals surface area contributed by atoms with Crippen LogP contribution in [-0.2, 0) is 4.79 Å². The van der Waals surface area contributed by atoms with E-state index < -0.39 is 11.0 Å². The van der Waals surface area contributed by atoms with Crippen LogP contribution in [0.2, 0.25) is 0 Å². The van der Waals surface area contributed by atoms with Crippen LogP contribution in [0.1, 0.15) is 47.0 Å². The predicted molar refractivity (Wildman–Crippen MR) is 71.8 cm³/mol.